The lowest BCUT2D eigenvalue weighted by atomic mass is 10.2. The monoisotopic (exact) mass is 260 g/mol. The van der Waals surface area contributed by atoms with Crippen molar-refractivity contribution in [2.75, 3.05) is 11.9 Å². The van der Waals surface area contributed by atoms with E-state index in [1.165, 1.54) is 11.1 Å². The molecule has 0 saturated carbocycles. The standard InChI is InChI=1S/C14H16N2OS/c1-11-2-4-13(5-3-11)16-14(17)9-15-8-12-6-7-18-10-12/h2-7,10,15H,8-9H2,1H3,(H,16,17). The van der Waals surface area contributed by atoms with Crippen LogP contribution in [0.1, 0.15) is 11.1 Å². The van der Waals surface area contributed by atoms with Crippen LogP contribution in [0, 0.1) is 6.92 Å². The molecule has 0 saturated heterocycles. The van der Waals surface area contributed by atoms with E-state index in [0.29, 0.717) is 6.54 Å². The minimum absolute atomic E-state index is 0.0194. The Hall–Kier alpha value is -1.65. The lowest BCUT2D eigenvalue weighted by Gasteiger charge is -2.06. The molecule has 0 aliphatic heterocycles. The predicted octanol–water partition coefficient (Wildman–Crippen LogP) is 2.78. The average molecular weight is 260 g/mol. The Morgan fingerprint density at radius 1 is 1.22 bits per heavy atom. The van der Waals surface area contributed by atoms with Crippen LogP contribution in [0.3, 0.4) is 0 Å². The summed E-state index contributed by atoms with van der Waals surface area (Å²) in [5, 5.41) is 10.1. The summed E-state index contributed by atoms with van der Waals surface area (Å²) in [6.07, 6.45) is 0. The van der Waals surface area contributed by atoms with E-state index in [9.17, 15) is 4.79 Å². The fourth-order valence-corrected chi connectivity index (χ4v) is 2.22. The highest BCUT2D eigenvalue weighted by Gasteiger charge is 2.01. The zero-order valence-electron chi connectivity index (χ0n) is 10.3. The molecular weight excluding hydrogens is 244 g/mol. The third-order valence-electron chi connectivity index (χ3n) is 2.53. The molecule has 0 atom stereocenters. The van der Waals surface area contributed by atoms with Crippen molar-refractivity contribution >= 4 is 22.9 Å². The minimum atomic E-state index is -0.0194. The summed E-state index contributed by atoms with van der Waals surface area (Å²) in [6, 6.07) is 9.83. The van der Waals surface area contributed by atoms with Gasteiger partial charge in [-0.05, 0) is 41.4 Å². The number of carbonyl (C=O) groups excluding carboxylic acids is 1. The number of benzene rings is 1. The zero-order chi connectivity index (χ0) is 12.8. The SMILES string of the molecule is Cc1ccc(NC(=O)CNCc2ccsc2)cc1. The van der Waals surface area contributed by atoms with Crippen LogP contribution in [0.4, 0.5) is 5.69 Å². The third kappa shape index (κ3) is 3.98. The molecule has 94 valence electrons. The second-order valence-electron chi connectivity index (χ2n) is 4.15. The van der Waals surface area contributed by atoms with Crippen molar-refractivity contribution in [3.05, 3.63) is 52.2 Å². The Bertz CT molecular complexity index is 491. The summed E-state index contributed by atoms with van der Waals surface area (Å²) >= 11 is 1.66. The first-order valence-electron chi connectivity index (χ1n) is 5.82. The van der Waals surface area contributed by atoms with E-state index in [4.69, 9.17) is 0 Å². The molecule has 0 unspecified atom stereocenters. The van der Waals surface area contributed by atoms with Crippen LogP contribution in [0.2, 0.25) is 0 Å². The first-order chi connectivity index (χ1) is 8.74. The number of anilines is 1. The topological polar surface area (TPSA) is 41.1 Å². The first-order valence-corrected chi connectivity index (χ1v) is 6.76. The zero-order valence-corrected chi connectivity index (χ0v) is 11.1. The molecule has 0 radical (unpaired) electrons. The van der Waals surface area contributed by atoms with Crippen molar-refractivity contribution in [2.45, 2.75) is 13.5 Å². The highest BCUT2D eigenvalue weighted by Crippen LogP contribution is 2.08. The molecule has 2 rings (SSSR count). The van der Waals surface area contributed by atoms with Crippen LogP contribution in [-0.2, 0) is 11.3 Å². The van der Waals surface area contributed by atoms with Gasteiger partial charge in [0.1, 0.15) is 0 Å². The molecule has 1 heterocycles. The van der Waals surface area contributed by atoms with Gasteiger partial charge < -0.3 is 10.6 Å². The minimum Gasteiger partial charge on any atom is -0.325 e. The number of aryl methyl sites for hydroxylation is 1. The highest BCUT2D eigenvalue weighted by atomic mass is 32.1. The Morgan fingerprint density at radius 3 is 2.67 bits per heavy atom. The normalized spacial score (nSPS) is 10.3. The Labute approximate surface area is 111 Å². The van der Waals surface area contributed by atoms with E-state index >= 15 is 0 Å². The van der Waals surface area contributed by atoms with E-state index in [-0.39, 0.29) is 5.91 Å². The van der Waals surface area contributed by atoms with Gasteiger partial charge in [-0.1, -0.05) is 17.7 Å². The second kappa shape index (κ2) is 6.33. The van der Waals surface area contributed by atoms with Gasteiger partial charge in [0.15, 0.2) is 0 Å². The predicted molar refractivity (Wildman–Crippen MR) is 75.8 cm³/mol. The van der Waals surface area contributed by atoms with E-state index in [1.807, 2.05) is 36.6 Å². The van der Waals surface area contributed by atoms with Gasteiger partial charge in [0.2, 0.25) is 5.91 Å². The van der Waals surface area contributed by atoms with Crippen LogP contribution in [0.15, 0.2) is 41.1 Å². The van der Waals surface area contributed by atoms with Gasteiger partial charge in [-0.15, -0.1) is 0 Å². The Morgan fingerprint density at radius 2 is 2.00 bits per heavy atom. The van der Waals surface area contributed by atoms with Crippen LogP contribution in [-0.4, -0.2) is 12.5 Å². The highest BCUT2D eigenvalue weighted by molar-refractivity contribution is 7.07. The molecule has 0 bridgehead atoms. The van der Waals surface area contributed by atoms with Crippen molar-refractivity contribution in [2.24, 2.45) is 0 Å². The lowest BCUT2D eigenvalue weighted by molar-refractivity contribution is -0.115. The van der Waals surface area contributed by atoms with Gasteiger partial charge in [0.05, 0.1) is 6.54 Å². The van der Waals surface area contributed by atoms with Crippen LogP contribution in [0.5, 0.6) is 0 Å². The maximum Gasteiger partial charge on any atom is 0.238 e. The summed E-state index contributed by atoms with van der Waals surface area (Å²) in [6.45, 7) is 3.07. The van der Waals surface area contributed by atoms with Crippen molar-refractivity contribution in [1.82, 2.24) is 5.32 Å². The summed E-state index contributed by atoms with van der Waals surface area (Å²) in [5.74, 6) is -0.0194. The van der Waals surface area contributed by atoms with Crippen molar-refractivity contribution < 1.29 is 4.79 Å². The number of amides is 1. The Balaban J connectivity index is 1.73. The molecule has 4 heteroatoms. The van der Waals surface area contributed by atoms with Crippen LogP contribution in [0.25, 0.3) is 0 Å². The van der Waals surface area contributed by atoms with E-state index in [2.05, 4.69) is 22.1 Å². The van der Waals surface area contributed by atoms with Gasteiger partial charge in [-0.25, -0.2) is 0 Å². The molecule has 0 aliphatic rings. The second-order valence-corrected chi connectivity index (χ2v) is 4.93. The number of carbonyl (C=O) groups is 1. The molecule has 0 aliphatic carbocycles. The van der Waals surface area contributed by atoms with Crippen LogP contribution < -0.4 is 10.6 Å². The van der Waals surface area contributed by atoms with E-state index in [0.717, 1.165) is 12.2 Å². The number of nitrogens with one attached hydrogen (secondary N) is 2. The molecular formula is C14H16N2OS. The summed E-state index contributed by atoms with van der Waals surface area (Å²) in [5.41, 5.74) is 3.23. The summed E-state index contributed by atoms with van der Waals surface area (Å²) in [4.78, 5) is 11.7. The quantitative estimate of drug-likeness (QED) is 0.868. The maximum atomic E-state index is 11.7. The van der Waals surface area contributed by atoms with Crippen molar-refractivity contribution in [3.63, 3.8) is 0 Å². The summed E-state index contributed by atoms with van der Waals surface area (Å²) < 4.78 is 0. The molecule has 1 amide bonds. The molecule has 1 aromatic heterocycles. The molecule has 0 fully saturated rings. The van der Waals surface area contributed by atoms with Gasteiger partial charge in [-0.2, -0.15) is 11.3 Å². The van der Waals surface area contributed by atoms with Crippen molar-refractivity contribution in [1.29, 1.82) is 0 Å². The van der Waals surface area contributed by atoms with E-state index < -0.39 is 0 Å². The van der Waals surface area contributed by atoms with Gasteiger partial charge in [0.25, 0.3) is 0 Å². The fraction of sp³-hybridized carbons (Fsp3) is 0.214. The number of hydrogen-bond acceptors (Lipinski definition) is 3. The lowest BCUT2D eigenvalue weighted by Crippen LogP contribution is -2.27. The largest absolute Gasteiger partial charge is 0.325 e. The van der Waals surface area contributed by atoms with E-state index in [1.54, 1.807) is 11.3 Å². The van der Waals surface area contributed by atoms with Crippen molar-refractivity contribution in [3.8, 4) is 0 Å². The smallest absolute Gasteiger partial charge is 0.238 e. The molecule has 1 aromatic carbocycles. The number of thiophene rings is 1. The average Bonchev–Trinajstić information content (AvgIpc) is 2.85. The summed E-state index contributed by atoms with van der Waals surface area (Å²) in [7, 11) is 0. The van der Waals surface area contributed by atoms with Gasteiger partial charge in [-0.3, -0.25) is 4.79 Å². The number of rotatable bonds is 5. The molecule has 3 nitrogen and oxygen atoms in total. The molecule has 2 aromatic rings. The first kappa shape index (κ1) is 12.8. The molecule has 0 spiro atoms. The van der Waals surface area contributed by atoms with Gasteiger partial charge in [0, 0.05) is 12.2 Å². The van der Waals surface area contributed by atoms with Gasteiger partial charge >= 0.3 is 0 Å². The molecule has 18 heavy (non-hydrogen) atoms. The Kier molecular flexibility index (Phi) is 4.50. The maximum absolute atomic E-state index is 11.7. The molecule has 2 N–H and O–H groups in total. The third-order valence-corrected chi connectivity index (χ3v) is 3.26. The fourth-order valence-electron chi connectivity index (χ4n) is 1.56. The van der Waals surface area contributed by atoms with Crippen LogP contribution >= 0.6 is 11.3 Å². The number of hydrogen-bond donors (Lipinski definition) is 2.